The average Bonchev–Trinajstić information content (AvgIpc) is 3.26. The highest BCUT2D eigenvalue weighted by atomic mass is 16.2. The van der Waals surface area contributed by atoms with Crippen LogP contribution in [0.5, 0.6) is 0 Å². The molecule has 2 N–H and O–H groups in total. The molecule has 2 amide bonds. The van der Waals surface area contributed by atoms with E-state index in [1.54, 1.807) is 24.3 Å². The van der Waals surface area contributed by atoms with Gasteiger partial charge in [0, 0.05) is 32.7 Å². The summed E-state index contributed by atoms with van der Waals surface area (Å²) in [5, 5.41) is 5.35. The second-order valence-corrected chi connectivity index (χ2v) is 6.77. The van der Waals surface area contributed by atoms with E-state index in [9.17, 15) is 9.59 Å². The summed E-state index contributed by atoms with van der Waals surface area (Å²) in [6, 6.07) is 8.77. The van der Waals surface area contributed by atoms with Crippen LogP contribution in [-0.2, 0) is 11.3 Å². The van der Waals surface area contributed by atoms with Crippen molar-refractivity contribution in [2.75, 3.05) is 43.5 Å². The Morgan fingerprint density at radius 1 is 1.04 bits per heavy atom. The Hall–Kier alpha value is -3.23. The van der Waals surface area contributed by atoms with Gasteiger partial charge in [0.2, 0.25) is 17.8 Å². The lowest BCUT2D eigenvalue weighted by Crippen LogP contribution is -2.37. The molecule has 0 unspecified atom stereocenters. The van der Waals surface area contributed by atoms with Crippen molar-refractivity contribution in [1.29, 1.82) is 0 Å². The minimum Gasteiger partial charge on any atom is -0.347 e. The lowest BCUT2D eigenvalue weighted by molar-refractivity contribution is -0.120. The second kappa shape index (κ2) is 9.12. The molecular formula is C19H25N7O2. The van der Waals surface area contributed by atoms with Gasteiger partial charge in [-0.05, 0) is 25.0 Å². The smallest absolute Gasteiger partial charge is 0.251 e. The van der Waals surface area contributed by atoms with Crippen molar-refractivity contribution < 1.29 is 9.59 Å². The molecule has 28 heavy (non-hydrogen) atoms. The van der Waals surface area contributed by atoms with E-state index in [4.69, 9.17) is 0 Å². The number of hydrogen-bond acceptors (Lipinski definition) is 7. The van der Waals surface area contributed by atoms with Gasteiger partial charge in [-0.3, -0.25) is 9.59 Å². The Morgan fingerprint density at radius 3 is 2.43 bits per heavy atom. The molecule has 9 nitrogen and oxygen atoms in total. The van der Waals surface area contributed by atoms with E-state index < -0.39 is 0 Å². The fourth-order valence-corrected chi connectivity index (χ4v) is 2.83. The summed E-state index contributed by atoms with van der Waals surface area (Å²) in [7, 11) is 3.73. The molecule has 0 saturated carbocycles. The number of amides is 2. The Balaban J connectivity index is 1.57. The van der Waals surface area contributed by atoms with E-state index in [2.05, 4.69) is 30.5 Å². The van der Waals surface area contributed by atoms with Gasteiger partial charge < -0.3 is 20.4 Å². The fraction of sp³-hybridized carbons (Fsp3) is 0.421. The van der Waals surface area contributed by atoms with Gasteiger partial charge in [-0.2, -0.15) is 15.0 Å². The molecule has 0 aliphatic carbocycles. The average molecular weight is 383 g/mol. The highest BCUT2D eigenvalue weighted by Crippen LogP contribution is 2.17. The molecular weight excluding hydrogens is 358 g/mol. The zero-order chi connectivity index (χ0) is 19.9. The number of anilines is 2. The molecule has 1 aliphatic rings. The van der Waals surface area contributed by atoms with Crippen molar-refractivity contribution in [2.45, 2.75) is 19.4 Å². The third-order valence-corrected chi connectivity index (χ3v) is 4.34. The Labute approximate surface area is 164 Å². The van der Waals surface area contributed by atoms with Crippen LogP contribution in [0.25, 0.3) is 0 Å². The zero-order valence-electron chi connectivity index (χ0n) is 16.2. The highest BCUT2D eigenvalue weighted by Gasteiger charge is 2.18. The van der Waals surface area contributed by atoms with Gasteiger partial charge in [-0.1, -0.05) is 18.2 Å². The number of nitrogens with zero attached hydrogens (tertiary/aromatic N) is 5. The summed E-state index contributed by atoms with van der Waals surface area (Å²) < 4.78 is 0. The van der Waals surface area contributed by atoms with Crippen LogP contribution in [0.2, 0.25) is 0 Å². The summed E-state index contributed by atoms with van der Waals surface area (Å²) in [5.41, 5.74) is 0.513. The molecule has 2 aromatic rings. The van der Waals surface area contributed by atoms with Gasteiger partial charge in [-0.15, -0.1) is 0 Å². The van der Waals surface area contributed by atoms with Gasteiger partial charge in [0.25, 0.3) is 5.91 Å². The van der Waals surface area contributed by atoms with Crippen molar-refractivity contribution in [2.24, 2.45) is 0 Å². The summed E-state index contributed by atoms with van der Waals surface area (Å²) in [4.78, 5) is 41.4. The number of rotatable bonds is 7. The minimum atomic E-state index is -0.307. The van der Waals surface area contributed by atoms with Crippen LogP contribution in [-0.4, -0.2) is 60.5 Å². The molecule has 1 fully saturated rings. The van der Waals surface area contributed by atoms with Crippen LogP contribution < -0.4 is 20.4 Å². The highest BCUT2D eigenvalue weighted by molar-refractivity contribution is 5.96. The predicted molar refractivity (Wildman–Crippen MR) is 106 cm³/mol. The quantitative estimate of drug-likeness (QED) is 0.721. The third-order valence-electron chi connectivity index (χ3n) is 4.34. The largest absolute Gasteiger partial charge is 0.347 e. The molecule has 148 valence electrons. The number of aromatic nitrogens is 3. The first-order chi connectivity index (χ1) is 13.5. The van der Waals surface area contributed by atoms with Crippen LogP contribution in [0.3, 0.4) is 0 Å². The maximum absolute atomic E-state index is 12.1. The summed E-state index contributed by atoms with van der Waals surface area (Å²) in [6.45, 7) is 1.91. The number of carbonyl (C=O) groups is 2. The van der Waals surface area contributed by atoms with Gasteiger partial charge in [0.1, 0.15) is 0 Å². The van der Waals surface area contributed by atoms with Crippen molar-refractivity contribution in [1.82, 2.24) is 25.6 Å². The molecule has 0 spiro atoms. The third kappa shape index (κ3) is 5.15. The summed E-state index contributed by atoms with van der Waals surface area (Å²) in [5.74, 6) is 1.08. The van der Waals surface area contributed by atoms with E-state index >= 15 is 0 Å². The first-order valence-electron chi connectivity index (χ1n) is 9.30. The fourth-order valence-electron chi connectivity index (χ4n) is 2.83. The van der Waals surface area contributed by atoms with Gasteiger partial charge in [0.15, 0.2) is 5.82 Å². The van der Waals surface area contributed by atoms with E-state index in [0.29, 0.717) is 23.3 Å². The van der Waals surface area contributed by atoms with E-state index in [1.807, 2.05) is 25.1 Å². The van der Waals surface area contributed by atoms with Crippen molar-refractivity contribution in [3.8, 4) is 0 Å². The number of nitrogens with one attached hydrogen (secondary N) is 2. The van der Waals surface area contributed by atoms with Crippen molar-refractivity contribution >= 4 is 23.7 Å². The number of hydrogen-bond donors (Lipinski definition) is 2. The van der Waals surface area contributed by atoms with Crippen LogP contribution in [0.1, 0.15) is 29.0 Å². The second-order valence-electron chi connectivity index (χ2n) is 6.77. The lowest BCUT2D eigenvalue weighted by Gasteiger charge is -2.19. The molecule has 0 atom stereocenters. The lowest BCUT2D eigenvalue weighted by atomic mass is 10.2. The van der Waals surface area contributed by atoms with E-state index in [-0.39, 0.29) is 24.9 Å². The van der Waals surface area contributed by atoms with E-state index in [1.165, 1.54) is 0 Å². The van der Waals surface area contributed by atoms with Gasteiger partial charge in [-0.25, -0.2) is 0 Å². The first-order valence-corrected chi connectivity index (χ1v) is 9.30. The standard InChI is InChI=1S/C19H25N7O2/c1-25(2)18-22-15(23-19(24-18)26-10-6-7-11-26)12-20-16(27)13-21-17(28)14-8-4-3-5-9-14/h3-5,8-9H,6-7,10-13H2,1-2H3,(H,20,27)(H,21,28). The molecule has 1 aliphatic heterocycles. The van der Waals surface area contributed by atoms with E-state index in [0.717, 1.165) is 25.9 Å². The normalized spacial score (nSPS) is 13.3. The molecule has 1 aromatic carbocycles. The summed E-state index contributed by atoms with van der Waals surface area (Å²) >= 11 is 0. The van der Waals surface area contributed by atoms with Crippen molar-refractivity contribution in [3.63, 3.8) is 0 Å². The van der Waals surface area contributed by atoms with Crippen LogP contribution >= 0.6 is 0 Å². The first kappa shape index (κ1) is 19.5. The number of benzene rings is 1. The maximum atomic E-state index is 12.1. The zero-order valence-corrected chi connectivity index (χ0v) is 16.2. The predicted octanol–water partition coefficient (Wildman–Crippen LogP) is 0.584. The van der Waals surface area contributed by atoms with Crippen molar-refractivity contribution in [3.05, 3.63) is 41.7 Å². The molecule has 3 rings (SSSR count). The van der Waals surface area contributed by atoms with Gasteiger partial charge >= 0.3 is 0 Å². The molecule has 2 heterocycles. The monoisotopic (exact) mass is 383 g/mol. The minimum absolute atomic E-state index is 0.113. The molecule has 9 heteroatoms. The van der Waals surface area contributed by atoms with Crippen LogP contribution in [0.4, 0.5) is 11.9 Å². The summed E-state index contributed by atoms with van der Waals surface area (Å²) in [6.07, 6.45) is 2.24. The van der Waals surface area contributed by atoms with Crippen LogP contribution in [0.15, 0.2) is 30.3 Å². The Kier molecular flexibility index (Phi) is 6.36. The SMILES string of the molecule is CN(C)c1nc(CNC(=O)CNC(=O)c2ccccc2)nc(N2CCCC2)n1. The topological polar surface area (TPSA) is 103 Å². The molecule has 0 radical (unpaired) electrons. The van der Waals surface area contributed by atoms with Crippen LogP contribution in [0, 0.1) is 0 Å². The molecule has 1 aromatic heterocycles. The Morgan fingerprint density at radius 2 is 1.75 bits per heavy atom. The molecule has 0 bridgehead atoms. The maximum Gasteiger partial charge on any atom is 0.251 e. The van der Waals surface area contributed by atoms with Gasteiger partial charge in [0.05, 0.1) is 13.1 Å². The number of carbonyl (C=O) groups excluding carboxylic acids is 2. The Bertz CT molecular complexity index is 820. The molecule has 1 saturated heterocycles.